The molecule has 124 valence electrons. The first-order valence-electron chi connectivity index (χ1n) is 8.73. The van der Waals surface area contributed by atoms with Gasteiger partial charge >= 0.3 is 0 Å². The van der Waals surface area contributed by atoms with Crippen LogP contribution in [-0.4, -0.2) is 20.1 Å². The van der Waals surface area contributed by atoms with Crippen molar-refractivity contribution in [3.63, 3.8) is 0 Å². The summed E-state index contributed by atoms with van der Waals surface area (Å²) in [5.41, 5.74) is 3.01. The molecule has 0 aliphatic carbocycles. The zero-order chi connectivity index (χ0) is 16.5. The quantitative estimate of drug-likeness (QED) is 0.681. The first kappa shape index (κ1) is 17.4. The maximum absolute atomic E-state index is 10.6. The van der Waals surface area contributed by atoms with Gasteiger partial charge in [0.1, 0.15) is 18.4 Å². The molecule has 0 spiro atoms. The van der Waals surface area contributed by atoms with E-state index in [0.29, 0.717) is 11.6 Å². The molecule has 1 aromatic heterocycles. The van der Waals surface area contributed by atoms with E-state index in [2.05, 4.69) is 28.8 Å². The third kappa shape index (κ3) is 5.02. The van der Waals surface area contributed by atoms with Crippen molar-refractivity contribution in [2.24, 2.45) is 0 Å². The fourth-order valence-corrected chi connectivity index (χ4v) is 2.79. The van der Waals surface area contributed by atoms with Gasteiger partial charge in [-0.05, 0) is 48.9 Å². The van der Waals surface area contributed by atoms with Crippen molar-refractivity contribution < 1.29 is 5.11 Å². The van der Waals surface area contributed by atoms with Crippen LogP contribution in [0.3, 0.4) is 0 Å². The number of phenolic OH excluding ortho intramolecular Hbond substituents is 1. The maximum atomic E-state index is 10.6. The average Bonchev–Trinajstić information content (AvgIpc) is 2.59. The van der Waals surface area contributed by atoms with Gasteiger partial charge in [0, 0.05) is 5.56 Å². The molecule has 1 N–H and O–H groups in total. The molecule has 0 saturated heterocycles. The van der Waals surface area contributed by atoms with Gasteiger partial charge in [0.05, 0.1) is 0 Å². The van der Waals surface area contributed by atoms with Crippen LogP contribution < -0.4 is 0 Å². The second-order valence-corrected chi connectivity index (χ2v) is 6.02. The van der Waals surface area contributed by atoms with Gasteiger partial charge in [-0.2, -0.15) is 0 Å². The zero-order valence-electron chi connectivity index (χ0n) is 14.3. The van der Waals surface area contributed by atoms with Crippen molar-refractivity contribution in [1.29, 1.82) is 0 Å². The second kappa shape index (κ2) is 9.23. The lowest BCUT2D eigenvalue weighted by Crippen LogP contribution is -1.97. The number of phenols is 1. The van der Waals surface area contributed by atoms with Crippen LogP contribution in [0.25, 0.3) is 11.4 Å². The summed E-state index contributed by atoms with van der Waals surface area (Å²) in [6.07, 6.45) is 11.7. The Balaban J connectivity index is 2.30. The van der Waals surface area contributed by atoms with Gasteiger partial charge in [0.15, 0.2) is 5.82 Å². The lowest BCUT2D eigenvalue weighted by molar-refractivity contribution is 0.458. The standard InChI is InChI=1S/C19H27N3O/c1-3-5-7-9-15-11-17(19-21-13-20-14-22-19)12-16(18(15)23)10-8-6-4-2/h11-14,23H,3-10H2,1-2H3. The lowest BCUT2D eigenvalue weighted by Gasteiger charge is -2.13. The number of aromatic hydroxyl groups is 1. The summed E-state index contributed by atoms with van der Waals surface area (Å²) >= 11 is 0. The summed E-state index contributed by atoms with van der Waals surface area (Å²) in [6.45, 7) is 4.38. The minimum absolute atomic E-state index is 0.468. The van der Waals surface area contributed by atoms with E-state index < -0.39 is 0 Å². The predicted octanol–water partition coefficient (Wildman–Crippen LogP) is 4.71. The molecule has 0 unspecified atom stereocenters. The van der Waals surface area contributed by atoms with Gasteiger partial charge < -0.3 is 5.11 Å². The van der Waals surface area contributed by atoms with Crippen LogP contribution in [0.2, 0.25) is 0 Å². The van der Waals surface area contributed by atoms with E-state index in [9.17, 15) is 5.11 Å². The van der Waals surface area contributed by atoms with E-state index in [1.54, 1.807) is 0 Å². The van der Waals surface area contributed by atoms with Crippen LogP contribution in [0.5, 0.6) is 5.75 Å². The summed E-state index contributed by atoms with van der Waals surface area (Å²) in [6, 6.07) is 4.06. The fourth-order valence-electron chi connectivity index (χ4n) is 2.79. The van der Waals surface area contributed by atoms with Crippen LogP contribution in [0, 0.1) is 0 Å². The third-order valence-electron chi connectivity index (χ3n) is 4.12. The highest BCUT2D eigenvalue weighted by molar-refractivity contribution is 5.61. The van der Waals surface area contributed by atoms with Gasteiger partial charge in [-0.25, -0.2) is 15.0 Å². The average molecular weight is 313 g/mol. The molecule has 0 fully saturated rings. The third-order valence-corrected chi connectivity index (χ3v) is 4.12. The van der Waals surface area contributed by atoms with Crippen LogP contribution >= 0.6 is 0 Å². The Morgan fingerprint density at radius 1 is 0.826 bits per heavy atom. The fraction of sp³-hybridized carbons (Fsp3) is 0.526. The van der Waals surface area contributed by atoms with Crippen LogP contribution in [-0.2, 0) is 12.8 Å². The number of aryl methyl sites for hydroxylation is 2. The van der Waals surface area contributed by atoms with Gasteiger partial charge in [-0.1, -0.05) is 39.5 Å². The van der Waals surface area contributed by atoms with Gasteiger partial charge in [-0.15, -0.1) is 0 Å². The summed E-state index contributed by atoms with van der Waals surface area (Å²) in [4.78, 5) is 12.4. The summed E-state index contributed by atoms with van der Waals surface area (Å²) in [5, 5.41) is 10.6. The first-order valence-corrected chi connectivity index (χ1v) is 8.73. The summed E-state index contributed by atoms with van der Waals surface area (Å²) < 4.78 is 0. The van der Waals surface area contributed by atoms with E-state index in [1.165, 1.54) is 38.3 Å². The largest absolute Gasteiger partial charge is 0.507 e. The van der Waals surface area contributed by atoms with Crippen molar-refractivity contribution in [2.45, 2.75) is 65.2 Å². The second-order valence-electron chi connectivity index (χ2n) is 6.02. The predicted molar refractivity (Wildman–Crippen MR) is 93.4 cm³/mol. The monoisotopic (exact) mass is 313 g/mol. The first-order chi connectivity index (χ1) is 11.3. The number of aromatic nitrogens is 3. The summed E-state index contributed by atoms with van der Waals surface area (Å²) in [5.74, 6) is 1.14. The van der Waals surface area contributed by atoms with Gasteiger partial charge in [-0.3, -0.25) is 0 Å². The number of hydrogen-bond donors (Lipinski definition) is 1. The van der Waals surface area contributed by atoms with Crippen LogP contribution in [0.15, 0.2) is 24.8 Å². The van der Waals surface area contributed by atoms with E-state index in [-0.39, 0.29) is 0 Å². The van der Waals surface area contributed by atoms with Crippen molar-refractivity contribution >= 4 is 0 Å². The molecule has 0 atom stereocenters. The Labute approximate surface area is 139 Å². The molecule has 0 aliphatic heterocycles. The van der Waals surface area contributed by atoms with Crippen molar-refractivity contribution in [2.75, 3.05) is 0 Å². The number of rotatable bonds is 9. The number of hydrogen-bond acceptors (Lipinski definition) is 4. The van der Waals surface area contributed by atoms with Gasteiger partial charge in [0.25, 0.3) is 0 Å². The maximum Gasteiger partial charge on any atom is 0.162 e. The molecule has 4 nitrogen and oxygen atoms in total. The van der Waals surface area contributed by atoms with Crippen LogP contribution in [0.1, 0.15) is 63.5 Å². The van der Waals surface area contributed by atoms with E-state index in [0.717, 1.165) is 42.4 Å². The van der Waals surface area contributed by atoms with E-state index >= 15 is 0 Å². The number of benzene rings is 1. The Morgan fingerprint density at radius 3 is 1.83 bits per heavy atom. The Hall–Kier alpha value is -1.97. The molecule has 1 aromatic carbocycles. The van der Waals surface area contributed by atoms with E-state index in [4.69, 9.17) is 0 Å². The molecule has 2 rings (SSSR count). The minimum atomic E-state index is 0.468. The Morgan fingerprint density at radius 2 is 1.35 bits per heavy atom. The highest BCUT2D eigenvalue weighted by Crippen LogP contribution is 2.31. The highest BCUT2D eigenvalue weighted by atomic mass is 16.3. The molecule has 4 heteroatoms. The molecule has 0 aliphatic rings. The highest BCUT2D eigenvalue weighted by Gasteiger charge is 2.12. The van der Waals surface area contributed by atoms with Gasteiger partial charge in [0.2, 0.25) is 0 Å². The minimum Gasteiger partial charge on any atom is -0.507 e. The molecule has 0 radical (unpaired) electrons. The van der Waals surface area contributed by atoms with E-state index in [1.807, 2.05) is 12.1 Å². The number of nitrogens with zero attached hydrogens (tertiary/aromatic N) is 3. The topological polar surface area (TPSA) is 58.9 Å². The molecule has 0 saturated carbocycles. The van der Waals surface area contributed by atoms with Crippen molar-refractivity contribution in [1.82, 2.24) is 15.0 Å². The van der Waals surface area contributed by atoms with Crippen molar-refractivity contribution in [3.05, 3.63) is 35.9 Å². The molecular formula is C19H27N3O. The number of unbranched alkanes of at least 4 members (excludes halogenated alkanes) is 4. The molecular weight excluding hydrogens is 286 g/mol. The SMILES string of the molecule is CCCCCc1cc(-c2ncncn2)cc(CCCCC)c1O. The normalized spacial score (nSPS) is 10.9. The smallest absolute Gasteiger partial charge is 0.162 e. The van der Waals surface area contributed by atoms with Crippen LogP contribution in [0.4, 0.5) is 0 Å². The molecule has 1 heterocycles. The summed E-state index contributed by atoms with van der Waals surface area (Å²) in [7, 11) is 0. The Kier molecular flexibility index (Phi) is 6.98. The molecule has 23 heavy (non-hydrogen) atoms. The Bertz CT molecular complexity index is 568. The molecule has 0 bridgehead atoms. The lowest BCUT2D eigenvalue weighted by atomic mass is 9.96. The molecule has 2 aromatic rings. The van der Waals surface area contributed by atoms with Crippen molar-refractivity contribution in [3.8, 4) is 17.1 Å². The molecule has 0 amide bonds. The zero-order valence-corrected chi connectivity index (χ0v) is 14.3.